The van der Waals surface area contributed by atoms with Gasteiger partial charge in [-0.15, -0.1) is 0 Å². The molecule has 1 aromatic rings. The van der Waals surface area contributed by atoms with Crippen molar-refractivity contribution in [2.45, 2.75) is 70.9 Å². The predicted octanol–water partition coefficient (Wildman–Crippen LogP) is 4.48. The van der Waals surface area contributed by atoms with E-state index in [2.05, 4.69) is 33.9 Å². The molecule has 0 fully saturated rings. The molecule has 124 valence electrons. The Morgan fingerprint density at radius 2 is 1.73 bits per heavy atom. The summed E-state index contributed by atoms with van der Waals surface area (Å²) >= 11 is 0. The highest BCUT2D eigenvalue weighted by Gasteiger charge is 2.38. The van der Waals surface area contributed by atoms with Crippen molar-refractivity contribution >= 4 is 14.1 Å². The summed E-state index contributed by atoms with van der Waals surface area (Å²) in [7, 11) is -1.85. The van der Waals surface area contributed by atoms with Gasteiger partial charge in [-0.25, -0.2) is 0 Å². The fraction of sp³-hybridized carbons (Fsp3) is 0.611. The van der Waals surface area contributed by atoms with Gasteiger partial charge in [0.2, 0.25) is 0 Å². The maximum absolute atomic E-state index is 12.1. The third-order valence-electron chi connectivity index (χ3n) is 4.42. The standard InChI is InChI=1S/C18H30O3Si/c1-14(21-22(5,6)18(2,3)4)12-16(19)13-17(20)15-10-8-7-9-11-15/h7-11,14,17,20H,12-13H2,1-6H3/t14-,17+/m1/s1. The van der Waals surface area contributed by atoms with E-state index in [9.17, 15) is 9.90 Å². The van der Waals surface area contributed by atoms with Gasteiger partial charge in [-0.05, 0) is 30.6 Å². The third kappa shape index (κ3) is 5.67. The van der Waals surface area contributed by atoms with Crippen LogP contribution in [0.4, 0.5) is 0 Å². The van der Waals surface area contributed by atoms with Crippen LogP contribution < -0.4 is 0 Å². The number of carbonyl (C=O) groups is 1. The van der Waals surface area contributed by atoms with Crippen molar-refractivity contribution in [3.8, 4) is 0 Å². The molecular weight excluding hydrogens is 292 g/mol. The van der Waals surface area contributed by atoms with Crippen molar-refractivity contribution in [2.24, 2.45) is 0 Å². The molecule has 0 heterocycles. The summed E-state index contributed by atoms with van der Waals surface area (Å²) in [4.78, 5) is 12.1. The zero-order valence-electron chi connectivity index (χ0n) is 14.7. The van der Waals surface area contributed by atoms with E-state index >= 15 is 0 Å². The number of hydrogen-bond donors (Lipinski definition) is 1. The molecule has 0 bridgehead atoms. The molecule has 0 aliphatic heterocycles. The SMILES string of the molecule is C[C@H](CC(=O)C[C@H](O)c1ccccc1)O[Si](C)(C)C(C)(C)C. The first-order valence-electron chi connectivity index (χ1n) is 7.95. The summed E-state index contributed by atoms with van der Waals surface area (Å²) in [5, 5.41) is 10.2. The number of hydrogen-bond acceptors (Lipinski definition) is 3. The minimum Gasteiger partial charge on any atom is -0.414 e. The van der Waals surface area contributed by atoms with Gasteiger partial charge in [-0.1, -0.05) is 51.1 Å². The fourth-order valence-electron chi connectivity index (χ4n) is 2.13. The van der Waals surface area contributed by atoms with E-state index in [4.69, 9.17) is 4.43 Å². The molecule has 0 unspecified atom stereocenters. The monoisotopic (exact) mass is 322 g/mol. The molecule has 0 amide bonds. The Balaban J connectivity index is 2.51. The Bertz CT molecular complexity index is 477. The van der Waals surface area contributed by atoms with E-state index in [1.165, 1.54) is 0 Å². The first-order valence-corrected chi connectivity index (χ1v) is 10.9. The van der Waals surface area contributed by atoms with Gasteiger partial charge in [0.25, 0.3) is 0 Å². The average molecular weight is 323 g/mol. The smallest absolute Gasteiger partial charge is 0.192 e. The first kappa shape index (κ1) is 19.1. The lowest BCUT2D eigenvalue weighted by molar-refractivity contribution is -0.122. The molecule has 22 heavy (non-hydrogen) atoms. The lowest BCUT2D eigenvalue weighted by atomic mass is 10.0. The van der Waals surface area contributed by atoms with Gasteiger partial charge in [0, 0.05) is 18.9 Å². The molecular formula is C18H30O3Si. The van der Waals surface area contributed by atoms with Gasteiger partial charge in [-0.3, -0.25) is 4.79 Å². The molecule has 1 rings (SSSR count). The van der Waals surface area contributed by atoms with Crippen molar-refractivity contribution in [1.82, 2.24) is 0 Å². The average Bonchev–Trinajstić information content (AvgIpc) is 2.37. The van der Waals surface area contributed by atoms with Gasteiger partial charge in [0.1, 0.15) is 5.78 Å². The van der Waals surface area contributed by atoms with Crippen LogP contribution >= 0.6 is 0 Å². The molecule has 0 spiro atoms. The Hall–Kier alpha value is -0.973. The number of aliphatic hydroxyl groups excluding tert-OH is 1. The zero-order valence-corrected chi connectivity index (χ0v) is 15.7. The summed E-state index contributed by atoms with van der Waals surface area (Å²) in [6.45, 7) is 12.9. The predicted molar refractivity (Wildman–Crippen MR) is 93.4 cm³/mol. The first-order chi connectivity index (χ1) is 10.0. The van der Waals surface area contributed by atoms with Gasteiger partial charge in [0.05, 0.1) is 6.10 Å². The van der Waals surface area contributed by atoms with E-state index in [1.54, 1.807) is 0 Å². The second-order valence-electron chi connectivity index (χ2n) is 7.56. The molecule has 0 saturated carbocycles. The lowest BCUT2D eigenvalue weighted by Crippen LogP contribution is -2.43. The molecule has 0 aliphatic rings. The molecule has 1 N–H and O–H groups in total. The van der Waals surface area contributed by atoms with Gasteiger partial charge in [0.15, 0.2) is 8.32 Å². The number of carbonyl (C=O) groups excluding carboxylic acids is 1. The molecule has 1 aromatic carbocycles. The topological polar surface area (TPSA) is 46.5 Å². The van der Waals surface area contributed by atoms with Crippen molar-refractivity contribution in [2.75, 3.05) is 0 Å². The Kier molecular flexibility index (Phi) is 6.53. The van der Waals surface area contributed by atoms with Crippen molar-refractivity contribution in [3.63, 3.8) is 0 Å². The highest BCUT2D eigenvalue weighted by atomic mass is 28.4. The normalized spacial score (nSPS) is 15.4. The molecule has 0 radical (unpaired) electrons. The van der Waals surface area contributed by atoms with Crippen LogP contribution in [0.1, 0.15) is 52.2 Å². The molecule has 0 aromatic heterocycles. The molecule has 0 aliphatic carbocycles. The quantitative estimate of drug-likeness (QED) is 0.753. The number of benzene rings is 1. The van der Waals surface area contributed by atoms with Crippen molar-refractivity contribution in [3.05, 3.63) is 35.9 Å². The fourth-order valence-corrected chi connectivity index (χ4v) is 3.58. The van der Waals surface area contributed by atoms with Crippen LogP contribution in [0, 0.1) is 0 Å². The highest BCUT2D eigenvalue weighted by molar-refractivity contribution is 6.74. The van der Waals surface area contributed by atoms with E-state index in [0.717, 1.165) is 5.56 Å². The van der Waals surface area contributed by atoms with Crippen LogP contribution in [0.5, 0.6) is 0 Å². The summed E-state index contributed by atoms with van der Waals surface area (Å²) in [6.07, 6.45) is -0.323. The van der Waals surface area contributed by atoms with E-state index in [-0.39, 0.29) is 23.3 Å². The molecule has 0 saturated heterocycles. The second-order valence-corrected chi connectivity index (χ2v) is 12.3. The Morgan fingerprint density at radius 1 is 1.18 bits per heavy atom. The lowest BCUT2D eigenvalue weighted by Gasteiger charge is -2.38. The summed E-state index contributed by atoms with van der Waals surface area (Å²) in [6, 6.07) is 9.31. The van der Waals surface area contributed by atoms with Crippen LogP contribution in [0.25, 0.3) is 0 Å². The largest absolute Gasteiger partial charge is 0.414 e. The van der Waals surface area contributed by atoms with Crippen LogP contribution in [0.3, 0.4) is 0 Å². The Labute approximate surface area is 135 Å². The van der Waals surface area contributed by atoms with Gasteiger partial charge >= 0.3 is 0 Å². The van der Waals surface area contributed by atoms with Gasteiger partial charge < -0.3 is 9.53 Å². The summed E-state index contributed by atoms with van der Waals surface area (Å²) < 4.78 is 6.20. The summed E-state index contributed by atoms with van der Waals surface area (Å²) in [5.74, 6) is 0.0440. The highest BCUT2D eigenvalue weighted by Crippen LogP contribution is 2.37. The van der Waals surface area contributed by atoms with Crippen LogP contribution in [0.2, 0.25) is 18.1 Å². The number of ketones is 1. The second kappa shape index (κ2) is 7.53. The maximum Gasteiger partial charge on any atom is 0.192 e. The van der Waals surface area contributed by atoms with Crippen LogP contribution in [-0.2, 0) is 9.22 Å². The van der Waals surface area contributed by atoms with Gasteiger partial charge in [-0.2, -0.15) is 0 Å². The van der Waals surface area contributed by atoms with Crippen molar-refractivity contribution < 1.29 is 14.3 Å². The molecule has 2 atom stereocenters. The minimum atomic E-state index is -1.85. The summed E-state index contributed by atoms with van der Waals surface area (Å²) in [5.41, 5.74) is 0.786. The van der Waals surface area contributed by atoms with E-state index < -0.39 is 14.4 Å². The number of aliphatic hydroxyl groups is 1. The van der Waals surface area contributed by atoms with Crippen molar-refractivity contribution in [1.29, 1.82) is 0 Å². The molecule has 4 heteroatoms. The van der Waals surface area contributed by atoms with Crippen LogP contribution in [0.15, 0.2) is 30.3 Å². The van der Waals surface area contributed by atoms with E-state index in [1.807, 2.05) is 37.3 Å². The van der Waals surface area contributed by atoms with Crippen LogP contribution in [-0.4, -0.2) is 25.3 Å². The Morgan fingerprint density at radius 3 is 2.23 bits per heavy atom. The minimum absolute atomic E-state index is 0.0440. The zero-order chi connectivity index (χ0) is 17.0. The van der Waals surface area contributed by atoms with E-state index in [0.29, 0.717) is 6.42 Å². The number of rotatable bonds is 7. The molecule has 3 nitrogen and oxygen atoms in total. The maximum atomic E-state index is 12.1. The third-order valence-corrected chi connectivity index (χ3v) is 9.03. The number of Topliss-reactive ketones (excluding diaryl/α,β-unsaturated/α-hetero) is 1.